The first kappa shape index (κ1) is 21.7. The van der Waals surface area contributed by atoms with E-state index in [1.165, 1.54) is 6.07 Å². The quantitative estimate of drug-likeness (QED) is 0.352. The number of halogens is 2. The Kier molecular flexibility index (Phi) is 8.30. The average Bonchev–Trinajstić information content (AvgIpc) is 2.68. The minimum Gasteiger partial charge on any atom is -0.490 e. The Balaban J connectivity index is 1.86. The number of esters is 1. The van der Waals surface area contributed by atoms with Gasteiger partial charge in [0.1, 0.15) is 0 Å². The van der Waals surface area contributed by atoms with Crippen molar-refractivity contribution in [2.45, 2.75) is 19.8 Å². The molecule has 2 aromatic carbocycles. The Hall–Kier alpha value is -2.56. The summed E-state index contributed by atoms with van der Waals surface area (Å²) < 4.78 is 11.3. The Morgan fingerprint density at radius 1 is 1.25 bits per heavy atom. The molecule has 0 aliphatic heterocycles. The van der Waals surface area contributed by atoms with Gasteiger partial charge in [-0.1, -0.05) is 11.6 Å². The molecule has 0 aromatic heterocycles. The number of rotatable bonds is 8. The monoisotopic (exact) mass is 464 g/mol. The molecule has 0 radical (unpaired) electrons. The van der Waals surface area contributed by atoms with Crippen LogP contribution in [0.4, 0.5) is 0 Å². The second-order valence-corrected chi connectivity index (χ2v) is 6.96. The van der Waals surface area contributed by atoms with Gasteiger partial charge in [-0.05, 0) is 59.6 Å². The second kappa shape index (κ2) is 10.7. The predicted octanol–water partition coefficient (Wildman–Crippen LogP) is 4.49. The number of hydrogen-bond acceptors (Lipinski definition) is 5. The molecule has 146 valence electrons. The van der Waals surface area contributed by atoms with E-state index in [2.05, 4.69) is 21.2 Å². The molecule has 0 unspecified atom stereocenters. The summed E-state index contributed by atoms with van der Waals surface area (Å²) >= 11 is 9.09. The van der Waals surface area contributed by atoms with Crippen molar-refractivity contribution in [3.05, 3.63) is 57.0 Å². The zero-order valence-electron chi connectivity index (χ0n) is 15.1. The van der Waals surface area contributed by atoms with Crippen molar-refractivity contribution in [3.63, 3.8) is 0 Å². The average molecular weight is 466 g/mol. The maximum absolute atomic E-state index is 12.1. The maximum atomic E-state index is 12.1. The second-order valence-electron chi connectivity index (χ2n) is 5.67. The van der Waals surface area contributed by atoms with Crippen LogP contribution in [0.3, 0.4) is 0 Å². The topological polar surface area (TPSA) is 88.4 Å². The lowest BCUT2D eigenvalue weighted by Gasteiger charge is -2.13. The first-order chi connectivity index (χ1) is 13.4. The Morgan fingerprint density at radius 3 is 2.61 bits per heavy atom. The molecule has 0 fully saturated rings. The van der Waals surface area contributed by atoms with Crippen LogP contribution in [0, 0.1) is 11.3 Å². The zero-order chi connectivity index (χ0) is 20.5. The molecule has 0 spiro atoms. The van der Waals surface area contributed by atoms with E-state index in [0.29, 0.717) is 45.9 Å². The number of ether oxygens (including phenoxy) is 2. The van der Waals surface area contributed by atoms with Gasteiger partial charge in [-0.25, -0.2) is 0 Å². The number of amides is 1. The maximum Gasteiger partial charge on any atom is 0.311 e. The molecular weight excluding hydrogens is 448 g/mol. The first-order valence-corrected chi connectivity index (χ1v) is 9.72. The van der Waals surface area contributed by atoms with Gasteiger partial charge >= 0.3 is 5.97 Å². The summed E-state index contributed by atoms with van der Waals surface area (Å²) in [6.07, 6.45) is 0.523. The zero-order valence-corrected chi connectivity index (χ0v) is 17.5. The number of nitrogens with zero attached hydrogens (tertiary/aromatic N) is 1. The summed E-state index contributed by atoms with van der Waals surface area (Å²) in [7, 11) is 0. The summed E-state index contributed by atoms with van der Waals surface area (Å²) in [5, 5.41) is 12.3. The lowest BCUT2D eigenvalue weighted by molar-refractivity contribution is -0.134. The minimum absolute atomic E-state index is 0.110. The van der Waals surface area contributed by atoms with Crippen LogP contribution in [0.25, 0.3) is 0 Å². The highest BCUT2D eigenvalue weighted by atomic mass is 79.9. The number of nitrogens with one attached hydrogen (secondary N) is 1. The molecule has 0 heterocycles. The molecule has 2 aromatic rings. The number of nitriles is 1. The van der Waals surface area contributed by atoms with Crippen LogP contribution in [-0.4, -0.2) is 25.0 Å². The van der Waals surface area contributed by atoms with Gasteiger partial charge in [0.2, 0.25) is 0 Å². The highest BCUT2D eigenvalue weighted by Crippen LogP contribution is 2.37. The normalized spacial score (nSPS) is 10.1. The van der Waals surface area contributed by atoms with Crippen LogP contribution in [0.15, 0.2) is 40.9 Å². The van der Waals surface area contributed by atoms with Gasteiger partial charge in [-0.2, -0.15) is 5.26 Å². The fourth-order valence-electron chi connectivity index (χ4n) is 2.30. The summed E-state index contributed by atoms with van der Waals surface area (Å²) in [6, 6.07) is 11.6. The van der Waals surface area contributed by atoms with Crippen LogP contribution >= 0.6 is 27.5 Å². The van der Waals surface area contributed by atoms with Crippen LogP contribution in [0.5, 0.6) is 11.5 Å². The largest absolute Gasteiger partial charge is 0.490 e. The molecule has 28 heavy (non-hydrogen) atoms. The molecule has 2 rings (SSSR count). The molecule has 1 N–H and O–H groups in total. The molecule has 0 saturated carbocycles. The standard InChI is InChI=1S/C20H18BrClN2O4/c1-2-27-17-11-13(12-23)10-16(21)19(17)28-18(25)4-3-9-24-20(26)14-5-7-15(22)8-6-14/h5-8,10-11H,2-4,9H2,1H3,(H,24,26). The van der Waals surface area contributed by atoms with E-state index in [1.807, 2.05) is 6.07 Å². The van der Waals surface area contributed by atoms with Crippen molar-refractivity contribution >= 4 is 39.4 Å². The molecule has 0 atom stereocenters. The van der Waals surface area contributed by atoms with Crippen LogP contribution in [-0.2, 0) is 4.79 Å². The van der Waals surface area contributed by atoms with Crippen LogP contribution in [0.2, 0.25) is 5.02 Å². The van der Waals surface area contributed by atoms with Gasteiger partial charge < -0.3 is 14.8 Å². The van der Waals surface area contributed by atoms with E-state index >= 15 is 0 Å². The lowest BCUT2D eigenvalue weighted by Crippen LogP contribution is -2.25. The fraction of sp³-hybridized carbons (Fsp3) is 0.250. The number of carbonyl (C=O) groups is 2. The third kappa shape index (κ3) is 6.25. The number of benzene rings is 2. The first-order valence-electron chi connectivity index (χ1n) is 8.55. The highest BCUT2D eigenvalue weighted by Gasteiger charge is 2.16. The fourth-order valence-corrected chi connectivity index (χ4v) is 2.95. The van der Waals surface area contributed by atoms with E-state index in [-0.39, 0.29) is 18.1 Å². The number of carbonyl (C=O) groups excluding carboxylic acids is 2. The molecule has 0 bridgehead atoms. The Labute approximate surface area is 176 Å². The predicted molar refractivity (Wildman–Crippen MR) is 109 cm³/mol. The van der Waals surface area contributed by atoms with Gasteiger partial charge in [-0.15, -0.1) is 0 Å². The molecule has 1 amide bonds. The molecular formula is C20H18BrClN2O4. The van der Waals surface area contributed by atoms with Gasteiger partial charge in [0.15, 0.2) is 11.5 Å². The van der Waals surface area contributed by atoms with E-state index < -0.39 is 5.97 Å². The van der Waals surface area contributed by atoms with Crippen LogP contribution < -0.4 is 14.8 Å². The van der Waals surface area contributed by atoms with E-state index in [4.69, 9.17) is 26.3 Å². The van der Waals surface area contributed by atoms with Crippen molar-refractivity contribution in [2.24, 2.45) is 0 Å². The summed E-state index contributed by atoms with van der Waals surface area (Å²) in [5.74, 6) is -0.153. The lowest BCUT2D eigenvalue weighted by atomic mass is 10.2. The molecule has 8 heteroatoms. The third-order valence-corrected chi connectivity index (χ3v) is 4.45. The molecule has 6 nitrogen and oxygen atoms in total. The Morgan fingerprint density at radius 2 is 1.96 bits per heavy atom. The summed E-state index contributed by atoms with van der Waals surface area (Å²) in [6.45, 7) is 2.48. The number of hydrogen-bond donors (Lipinski definition) is 1. The molecule has 0 aliphatic rings. The van der Waals surface area contributed by atoms with Gasteiger partial charge in [0.05, 0.1) is 22.7 Å². The smallest absolute Gasteiger partial charge is 0.311 e. The minimum atomic E-state index is -0.466. The van der Waals surface area contributed by atoms with Crippen molar-refractivity contribution < 1.29 is 19.1 Å². The van der Waals surface area contributed by atoms with E-state index in [9.17, 15) is 9.59 Å². The summed E-state index contributed by atoms with van der Waals surface area (Å²) in [4.78, 5) is 24.1. The highest BCUT2D eigenvalue weighted by molar-refractivity contribution is 9.10. The van der Waals surface area contributed by atoms with E-state index in [1.54, 1.807) is 37.3 Å². The SMILES string of the molecule is CCOc1cc(C#N)cc(Br)c1OC(=O)CCCNC(=O)c1ccc(Cl)cc1. The Bertz CT molecular complexity index is 894. The third-order valence-electron chi connectivity index (χ3n) is 3.60. The van der Waals surface area contributed by atoms with Gasteiger partial charge in [0, 0.05) is 29.6 Å². The molecule has 0 saturated heterocycles. The van der Waals surface area contributed by atoms with Crippen LogP contribution in [0.1, 0.15) is 35.7 Å². The van der Waals surface area contributed by atoms with Crippen molar-refractivity contribution in [1.82, 2.24) is 5.32 Å². The van der Waals surface area contributed by atoms with Gasteiger partial charge in [0.25, 0.3) is 5.91 Å². The van der Waals surface area contributed by atoms with Crippen molar-refractivity contribution in [3.8, 4) is 17.6 Å². The molecule has 0 aliphatic carbocycles. The van der Waals surface area contributed by atoms with Crippen molar-refractivity contribution in [1.29, 1.82) is 5.26 Å². The van der Waals surface area contributed by atoms with Gasteiger partial charge in [-0.3, -0.25) is 9.59 Å². The van der Waals surface area contributed by atoms with E-state index in [0.717, 1.165) is 0 Å². The van der Waals surface area contributed by atoms with Crippen molar-refractivity contribution in [2.75, 3.05) is 13.2 Å². The summed E-state index contributed by atoms with van der Waals surface area (Å²) in [5.41, 5.74) is 0.884.